The summed E-state index contributed by atoms with van der Waals surface area (Å²) in [7, 11) is 0. The normalized spacial score (nSPS) is 19.7. The molecule has 2 N–H and O–H groups in total. The predicted molar refractivity (Wildman–Crippen MR) is 84.0 cm³/mol. The summed E-state index contributed by atoms with van der Waals surface area (Å²) in [6, 6.07) is 7.82. The molecule has 1 aliphatic heterocycles. The number of phenols is 1. The first kappa shape index (κ1) is 15.3. The highest BCUT2D eigenvalue weighted by Crippen LogP contribution is 2.17. The van der Waals surface area contributed by atoms with E-state index in [2.05, 4.69) is 24.1 Å². The third kappa shape index (κ3) is 4.80. The van der Waals surface area contributed by atoms with Crippen LogP contribution in [0.1, 0.15) is 44.7 Å². The molecule has 1 heterocycles. The van der Waals surface area contributed by atoms with Gasteiger partial charge >= 0.3 is 0 Å². The van der Waals surface area contributed by atoms with E-state index in [9.17, 15) is 5.11 Å². The van der Waals surface area contributed by atoms with Crippen LogP contribution in [0.5, 0.6) is 5.75 Å². The zero-order chi connectivity index (χ0) is 14.4. The third-order valence-corrected chi connectivity index (χ3v) is 4.18. The summed E-state index contributed by atoms with van der Waals surface area (Å²) in [6.45, 7) is 9.30. The Hall–Kier alpha value is -1.06. The molecule has 3 nitrogen and oxygen atoms in total. The molecule has 0 saturated carbocycles. The molecular formula is C17H28N2O. The van der Waals surface area contributed by atoms with Crippen molar-refractivity contribution >= 4 is 0 Å². The molecular weight excluding hydrogens is 248 g/mol. The minimum Gasteiger partial charge on any atom is -0.508 e. The molecule has 0 bridgehead atoms. The summed E-state index contributed by atoms with van der Waals surface area (Å²) in [5, 5.41) is 12.9. The standard InChI is InChI=1S/C17H28N2O/c1-14(13-19-10-4-3-5-11-19)12-18-15(2)16-6-8-17(20)9-7-16/h6-9,14-15,18,20H,3-5,10-13H2,1-2H3. The number of likely N-dealkylation sites (tertiary alicyclic amines) is 1. The van der Waals surface area contributed by atoms with Gasteiger partial charge in [0, 0.05) is 12.6 Å². The highest BCUT2D eigenvalue weighted by atomic mass is 16.3. The van der Waals surface area contributed by atoms with Crippen LogP contribution in [0.25, 0.3) is 0 Å². The zero-order valence-electron chi connectivity index (χ0n) is 12.8. The summed E-state index contributed by atoms with van der Waals surface area (Å²) >= 11 is 0. The summed E-state index contributed by atoms with van der Waals surface area (Å²) in [4.78, 5) is 2.60. The van der Waals surface area contributed by atoms with Crippen LogP contribution < -0.4 is 5.32 Å². The van der Waals surface area contributed by atoms with Crippen molar-refractivity contribution in [3.63, 3.8) is 0 Å². The smallest absolute Gasteiger partial charge is 0.115 e. The van der Waals surface area contributed by atoms with E-state index in [1.54, 1.807) is 12.1 Å². The molecule has 2 atom stereocenters. The van der Waals surface area contributed by atoms with Crippen molar-refractivity contribution in [2.75, 3.05) is 26.2 Å². The number of rotatable bonds is 6. The second-order valence-electron chi connectivity index (χ2n) is 6.19. The maximum Gasteiger partial charge on any atom is 0.115 e. The first-order valence-electron chi connectivity index (χ1n) is 7.90. The molecule has 2 rings (SSSR count). The van der Waals surface area contributed by atoms with E-state index in [4.69, 9.17) is 0 Å². The molecule has 1 aromatic carbocycles. The second-order valence-corrected chi connectivity index (χ2v) is 6.19. The molecule has 0 amide bonds. The van der Waals surface area contributed by atoms with E-state index >= 15 is 0 Å². The number of nitrogens with zero attached hydrogens (tertiary/aromatic N) is 1. The van der Waals surface area contributed by atoms with Gasteiger partial charge in [0.05, 0.1) is 0 Å². The Balaban J connectivity index is 1.71. The fourth-order valence-electron chi connectivity index (χ4n) is 2.91. The number of hydrogen-bond donors (Lipinski definition) is 2. The van der Waals surface area contributed by atoms with Gasteiger partial charge in [-0.3, -0.25) is 0 Å². The molecule has 3 heteroatoms. The van der Waals surface area contributed by atoms with Gasteiger partial charge in [-0.25, -0.2) is 0 Å². The molecule has 0 spiro atoms. The average molecular weight is 276 g/mol. The van der Waals surface area contributed by atoms with Gasteiger partial charge in [-0.1, -0.05) is 25.5 Å². The third-order valence-electron chi connectivity index (χ3n) is 4.18. The molecule has 0 aliphatic carbocycles. The Bertz CT molecular complexity index is 384. The molecule has 0 radical (unpaired) electrons. The van der Waals surface area contributed by atoms with E-state index in [1.807, 2.05) is 12.1 Å². The molecule has 1 saturated heterocycles. The summed E-state index contributed by atoms with van der Waals surface area (Å²) in [5.74, 6) is 1.01. The van der Waals surface area contributed by atoms with Crippen LogP contribution in [-0.2, 0) is 0 Å². The van der Waals surface area contributed by atoms with E-state index in [0.717, 1.165) is 6.54 Å². The lowest BCUT2D eigenvalue weighted by Crippen LogP contribution is -2.37. The van der Waals surface area contributed by atoms with Crippen molar-refractivity contribution in [1.29, 1.82) is 0 Å². The fourth-order valence-corrected chi connectivity index (χ4v) is 2.91. The van der Waals surface area contributed by atoms with Gasteiger partial charge in [-0.15, -0.1) is 0 Å². The SMILES string of the molecule is CC(CNC(C)c1ccc(O)cc1)CN1CCCCC1. The van der Waals surface area contributed by atoms with Crippen molar-refractivity contribution in [2.24, 2.45) is 5.92 Å². The van der Waals surface area contributed by atoms with Crippen LogP contribution in [0.3, 0.4) is 0 Å². The Kier molecular flexibility index (Phi) is 5.86. The lowest BCUT2D eigenvalue weighted by atomic mass is 10.1. The quantitative estimate of drug-likeness (QED) is 0.838. The van der Waals surface area contributed by atoms with Crippen LogP contribution in [0, 0.1) is 5.92 Å². The summed E-state index contributed by atoms with van der Waals surface area (Å²) in [5.41, 5.74) is 1.23. The minimum atomic E-state index is 0.333. The van der Waals surface area contributed by atoms with Gasteiger partial charge in [-0.05, 0) is 63.0 Å². The maximum absolute atomic E-state index is 9.31. The molecule has 20 heavy (non-hydrogen) atoms. The predicted octanol–water partition coefficient (Wildman–Crippen LogP) is 3.16. The molecule has 1 fully saturated rings. The number of piperidine rings is 1. The minimum absolute atomic E-state index is 0.333. The Labute approximate surface area is 123 Å². The van der Waals surface area contributed by atoms with Crippen LogP contribution in [-0.4, -0.2) is 36.2 Å². The maximum atomic E-state index is 9.31. The fraction of sp³-hybridized carbons (Fsp3) is 0.647. The first-order valence-corrected chi connectivity index (χ1v) is 7.90. The Morgan fingerprint density at radius 1 is 1.10 bits per heavy atom. The van der Waals surface area contributed by atoms with Gasteiger partial charge in [0.15, 0.2) is 0 Å². The molecule has 1 aliphatic rings. The molecule has 2 unspecified atom stereocenters. The van der Waals surface area contributed by atoms with Gasteiger partial charge in [0.25, 0.3) is 0 Å². The number of aromatic hydroxyl groups is 1. The Morgan fingerprint density at radius 3 is 2.40 bits per heavy atom. The number of benzene rings is 1. The van der Waals surface area contributed by atoms with Crippen molar-refractivity contribution in [3.8, 4) is 5.75 Å². The van der Waals surface area contributed by atoms with Crippen LogP contribution in [0.2, 0.25) is 0 Å². The van der Waals surface area contributed by atoms with Gasteiger partial charge in [0.2, 0.25) is 0 Å². The van der Waals surface area contributed by atoms with Crippen LogP contribution in [0.4, 0.5) is 0 Å². The largest absolute Gasteiger partial charge is 0.508 e. The van der Waals surface area contributed by atoms with Crippen LogP contribution in [0.15, 0.2) is 24.3 Å². The highest BCUT2D eigenvalue weighted by Gasteiger charge is 2.14. The monoisotopic (exact) mass is 276 g/mol. The van der Waals surface area contributed by atoms with Crippen molar-refractivity contribution in [3.05, 3.63) is 29.8 Å². The number of hydrogen-bond acceptors (Lipinski definition) is 3. The first-order chi connectivity index (χ1) is 9.65. The summed E-state index contributed by atoms with van der Waals surface area (Å²) in [6.07, 6.45) is 4.13. The van der Waals surface area contributed by atoms with E-state index in [-0.39, 0.29) is 0 Å². The second kappa shape index (κ2) is 7.65. The molecule has 1 aromatic rings. The molecule has 0 aromatic heterocycles. The zero-order valence-corrected chi connectivity index (χ0v) is 12.8. The van der Waals surface area contributed by atoms with Gasteiger partial charge in [-0.2, -0.15) is 0 Å². The average Bonchev–Trinajstić information content (AvgIpc) is 2.46. The lowest BCUT2D eigenvalue weighted by molar-refractivity contribution is 0.197. The van der Waals surface area contributed by atoms with E-state index in [0.29, 0.717) is 17.7 Å². The number of nitrogens with one attached hydrogen (secondary N) is 1. The van der Waals surface area contributed by atoms with Crippen molar-refractivity contribution in [1.82, 2.24) is 10.2 Å². The summed E-state index contributed by atoms with van der Waals surface area (Å²) < 4.78 is 0. The lowest BCUT2D eigenvalue weighted by Gasteiger charge is -2.29. The van der Waals surface area contributed by atoms with Gasteiger partial charge < -0.3 is 15.3 Å². The number of phenolic OH excluding ortho intramolecular Hbond substituents is 1. The van der Waals surface area contributed by atoms with E-state index < -0.39 is 0 Å². The van der Waals surface area contributed by atoms with E-state index in [1.165, 1.54) is 44.5 Å². The highest BCUT2D eigenvalue weighted by molar-refractivity contribution is 5.27. The molecule has 112 valence electrons. The van der Waals surface area contributed by atoms with Crippen molar-refractivity contribution in [2.45, 2.75) is 39.2 Å². The topological polar surface area (TPSA) is 35.5 Å². The Morgan fingerprint density at radius 2 is 1.75 bits per heavy atom. The van der Waals surface area contributed by atoms with Crippen LogP contribution >= 0.6 is 0 Å². The van der Waals surface area contributed by atoms with Crippen molar-refractivity contribution < 1.29 is 5.11 Å². The van der Waals surface area contributed by atoms with Gasteiger partial charge in [0.1, 0.15) is 5.75 Å².